The Bertz CT molecular complexity index is 1150. The molecule has 1 spiro atoms. The lowest BCUT2D eigenvalue weighted by molar-refractivity contribution is -0.147. The van der Waals surface area contributed by atoms with Crippen LogP contribution in [0.15, 0.2) is 55.6 Å². The Morgan fingerprint density at radius 2 is 1.75 bits per heavy atom. The lowest BCUT2D eigenvalue weighted by Gasteiger charge is -2.46. The molecule has 3 saturated heterocycles. The van der Waals surface area contributed by atoms with Gasteiger partial charge in [-0.1, -0.05) is 51.1 Å². The maximum Gasteiger partial charge on any atom is 0.247 e. The maximum atomic E-state index is 14.6. The number of fused-ring (bicyclic) bond motifs is 1. The number of aliphatic hydroxyl groups is 1. The van der Waals surface area contributed by atoms with E-state index in [1.807, 2.05) is 35.2 Å². The number of para-hydroxylation sites is 1. The molecule has 1 aromatic rings. The molecule has 3 heterocycles. The van der Waals surface area contributed by atoms with Crippen molar-refractivity contribution in [3.63, 3.8) is 0 Å². The van der Waals surface area contributed by atoms with E-state index >= 15 is 0 Å². The van der Waals surface area contributed by atoms with Gasteiger partial charge in [0, 0.05) is 36.1 Å². The number of β-amino-alcohol motifs (C(OH)–C–C–N with tert-alkyl or cyclic N) is 1. The predicted molar refractivity (Wildman–Crippen MR) is 162 cm³/mol. The van der Waals surface area contributed by atoms with E-state index < -0.39 is 28.2 Å². The molecule has 218 valence electrons. The van der Waals surface area contributed by atoms with E-state index in [4.69, 9.17) is 0 Å². The van der Waals surface area contributed by atoms with Crippen molar-refractivity contribution in [2.45, 2.75) is 75.5 Å². The minimum Gasteiger partial charge on any atom is -0.395 e. The van der Waals surface area contributed by atoms with E-state index in [-0.39, 0.29) is 41.5 Å². The summed E-state index contributed by atoms with van der Waals surface area (Å²) in [6.45, 7) is 18.9. The molecule has 2 bridgehead atoms. The van der Waals surface area contributed by atoms with Crippen molar-refractivity contribution in [1.82, 2.24) is 9.80 Å². The summed E-state index contributed by atoms with van der Waals surface area (Å²) in [5.74, 6) is -1.57. The van der Waals surface area contributed by atoms with E-state index in [0.29, 0.717) is 19.5 Å². The summed E-state index contributed by atoms with van der Waals surface area (Å²) in [7, 11) is 0. The van der Waals surface area contributed by atoms with Crippen LogP contribution in [0.4, 0.5) is 5.69 Å². The summed E-state index contributed by atoms with van der Waals surface area (Å²) >= 11 is 1.65. The van der Waals surface area contributed by atoms with Gasteiger partial charge in [0.1, 0.15) is 6.04 Å². The highest BCUT2D eigenvalue weighted by molar-refractivity contribution is 8.02. The van der Waals surface area contributed by atoms with Crippen molar-refractivity contribution >= 4 is 35.2 Å². The molecular formula is C32H45N3O4S. The topological polar surface area (TPSA) is 81.2 Å². The standard InChI is InChI=1S/C32H45N3O4S/c1-8-17-33(22-13-11-10-12-14-22)27(37)24-23-15-16-32(40-23)25(24)28(38)34(19-20-36)26(32)29(39)35(18-9-2)31(6,7)21-30(3,4)5/h8-14,23-26,36H,1-2,15-21H2,3-7H3/t23-,24+,25-,26?,32?/m0/s1. The second-order valence-corrected chi connectivity index (χ2v) is 14.8. The summed E-state index contributed by atoms with van der Waals surface area (Å²) in [6, 6.07) is 8.73. The molecule has 7 nitrogen and oxygen atoms in total. The average Bonchev–Trinajstić information content (AvgIpc) is 3.52. The minimum absolute atomic E-state index is 0.0234. The molecule has 4 rings (SSSR count). The number of amides is 3. The van der Waals surface area contributed by atoms with Crippen LogP contribution < -0.4 is 4.90 Å². The Balaban J connectivity index is 1.75. The zero-order valence-electron chi connectivity index (χ0n) is 24.6. The van der Waals surface area contributed by atoms with Crippen LogP contribution in [0.1, 0.15) is 53.9 Å². The van der Waals surface area contributed by atoms with Crippen LogP contribution >= 0.6 is 11.8 Å². The van der Waals surface area contributed by atoms with E-state index in [0.717, 1.165) is 18.5 Å². The first-order valence-electron chi connectivity index (χ1n) is 14.3. The molecule has 3 aliphatic rings. The largest absolute Gasteiger partial charge is 0.395 e. The Morgan fingerprint density at radius 3 is 2.33 bits per heavy atom. The van der Waals surface area contributed by atoms with Gasteiger partial charge in [0.25, 0.3) is 0 Å². The van der Waals surface area contributed by atoms with Crippen molar-refractivity contribution in [3.8, 4) is 0 Å². The third-order valence-electron chi connectivity index (χ3n) is 8.58. The number of carbonyl (C=O) groups is 3. The number of nitrogens with zero attached hydrogens (tertiary/aromatic N) is 3. The van der Waals surface area contributed by atoms with Crippen LogP contribution in [-0.2, 0) is 14.4 Å². The number of anilines is 1. The number of hydrogen-bond donors (Lipinski definition) is 1. The van der Waals surface area contributed by atoms with Crippen molar-refractivity contribution < 1.29 is 19.5 Å². The number of carbonyl (C=O) groups excluding carboxylic acids is 3. The first-order chi connectivity index (χ1) is 18.8. The van der Waals surface area contributed by atoms with Crippen LogP contribution in [0.2, 0.25) is 0 Å². The average molecular weight is 568 g/mol. The van der Waals surface area contributed by atoms with E-state index in [1.54, 1.807) is 33.7 Å². The molecule has 2 unspecified atom stereocenters. The van der Waals surface area contributed by atoms with Crippen LogP contribution in [0.25, 0.3) is 0 Å². The Labute approximate surface area is 243 Å². The van der Waals surface area contributed by atoms with Gasteiger partial charge in [-0.25, -0.2) is 0 Å². The van der Waals surface area contributed by atoms with Crippen LogP contribution in [-0.4, -0.2) is 80.4 Å². The predicted octanol–water partition coefficient (Wildman–Crippen LogP) is 4.52. The highest BCUT2D eigenvalue weighted by Gasteiger charge is 2.74. The van der Waals surface area contributed by atoms with Crippen molar-refractivity contribution in [2.24, 2.45) is 17.3 Å². The fourth-order valence-corrected chi connectivity index (χ4v) is 9.81. The fraction of sp³-hybridized carbons (Fsp3) is 0.594. The highest BCUT2D eigenvalue weighted by atomic mass is 32.2. The zero-order chi connectivity index (χ0) is 29.5. The summed E-state index contributed by atoms with van der Waals surface area (Å²) in [4.78, 5) is 48.2. The summed E-state index contributed by atoms with van der Waals surface area (Å²) in [5, 5.41) is 9.94. The summed E-state index contributed by atoms with van der Waals surface area (Å²) in [5.41, 5.74) is 0.252. The van der Waals surface area contributed by atoms with Gasteiger partial charge in [-0.05, 0) is 50.7 Å². The molecule has 0 aromatic heterocycles. The molecule has 0 aliphatic carbocycles. The SMILES string of the molecule is C=CCN(C(=O)[C@@H]1[C@@H]2CCC3(S2)C(C(=O)N(CC=C)C(C)(C)CC(C)(C)C)N(CCO)C(=O)[C@H]13)c1ccccc1. The highest BCUT2D eigenvalue weighted by Crippen LogP contribution is 2.67. The molecule has 0 saturated carbocycles. The summed E-state index contributed by atoms with van der Waals surface area (Å²) < 4.78 is -0.706. The maximum absolute atomic E-state index is 14.6. The van der Waals surface area contributed by atoms with Gasteiger partial charge in [-0.3, -0.25) is 14.4 Å². The molecule has 3 aliphatic heterocycles. The number of thioether (sulfide) groups is 1. The zero-order valence-corrected chi connectivity index (χ0v) is 25.5. The van der Waals surface area contributed by atoms with Crippen molar-refractivity contribution in [1.29, 1.82) is 0 Å². The second-order valence-electron chi connectivity index (χ2n) is 13.2. The number of benzene rings is 1. The van der Waals surface area contributed by atoms with Crippen LogP contribution in [0.5, 0.6) is 0 Å². The van der Waals surface area contributed by atoms with Gasteiger partial charge >= 0.3 is 0 Å². The van der Waals surface area contributed by atoms with Gasteiger partial charge in [0.15, 0.2) is 0 Å². The molecule has 40 heavy (non-hydrogen) atoms. The fourth-order valence-electron chi connectivity index (χ4n) is 7.61. The molecule has 0 radical (unpaired) electrons. The molecular weight excluding hydrogens is 522 g/mol. The molecule has 1 aromatic carbocycles. The quantitative estimate of drug-likeness (QED) is 0.398. The van der Waals surface area contributed by atoms with E-state index in [2.05, 4.69) is 47.8 Å². The number of rotatable bonds is 11. The molecule has 5 atom stereocenters. The normalized spacial score (nSPS) is 27.4. The smallest absolute Gasteiger partial charge is 0.247 e. The van der Waals surface area contributed by atoms with E-state index in [9.17, 15) is 19.5 Å². The lowest BCUT2D eigenvalue weighted by atomic mass is 9.70. The minimum atomic E-state index is -0.742. The van der Waals surface area contributed by atoms with Gasteiger partial charge in [-0.2, -0.15) is 0 Å². The first kappa shape index (κ1) is 30.4. The van der Waals surface area contributed by atoms with Crippen molar-refractivity contribution in [2.75, 3.05) is 31.1 Å². The van der Waals surface area contributed by atoms with E-state index in [1.165, 1.54) is 0 Å². The lowest BCUT2D eigenvalue weighted by Crippen LogP contribution is -2.60. The number of hydrogen-bond acceptors (Lipinski definition) is 5. The van der Waals surface area contributed by atoms with Crippen molar-refractivity contribution in [3.05, 3.63) is 55.6 Å². The Morgan fingerprint density at radius 1 is 1.10 bits per heavy atom. The van der Waals surface area contributed by atoms with Gasteiger partial charge in [0.05, 0.1) is 23.2 Å². The van der Waals surface area contributed by atoms with Gasteiger partial charge in [-0.15, -0.1) is 24.9 Å². The molecule has 3 amide bonds. The molecule has 8 heteroatoms. The van der Waals surface area contributed by atoms with Crippen LogP contribution in [0.3, 0.4) is 0 Å². The molecule has 3 fully saturated rings. The van der Waals surface area contributed by atoms with Gasteiger partial charge < -0.3 is 19.8 Å². The Kier molecular flexibility index (Phi) is 8.63. The van der Waals surface area contributed by atoms with Crippen LogP contribution in [0, 0.1) is 17.3 Å². The van der Waals surface area contributed by atoms with Gasteiger partial charge in [0.2, 0.25) is 17.7 Å². The first-order valence-corrected chi connectivity index (χ1v) is 15.2. The third kappa shape index (κ3) is 5.25. The number of aliphatic hydroxyl groups excluding tert-OH is 1. The molecule has 1 N–H and O–H groups in total. The second kappa shape index (κ2) is 11.4. The third-order valence-corrected chi connectivity index (χ3v) is 10.5. The summed E-state index contributed by atoms with van der Waals surface area (Å²) in [6.07, 6.45) is 5.66. The Hall–Kier alpha value is -2.58. The monoisotopic (exact) mass is 567 g/mol. The number of likely N-dealkylation sites (tertiary alicyclic amines) is 1.